The molecule has 0 bridgehead atoms. The number of ether oxygens (including phenoxy) is 1. The van der Waals surface area contributed by atoms with E-state index < -0.39 is 0 Å². The van der Waals surface area contributed by atoms with Gasteiger partial charge in [0, 0.05) is 5.88 Å². The van der Waals surface area contributed by atoms with Crippen molar-refractivity contribution in [1.29, 1.82) is 0 Å². The summed E-state index contributed by atoms with van der Waals surface area (Å²) in [5, 5.41) is 0. The Hall–Kier alpha value is -0.340. The number of alkyl halides is 1. The van der Waals surface area contributed by atoms with Crippen LogP contribution in [0.3, 0.4) is 0 Å². The van der Waals surface area contributed by atoms with Crippen molar-refractivity contribution in [3.05, 3.63) is 30.3 Å². The Balaban J connectivity index is 1.96. The zero-order valence-corrected chi connectivity index (χ0v) is 11.3. The van der Waals surface area contributed by atoms with Crippen molar-refractivity contribution in [3.63, 3.8) is 0 Å². The van der Waals surface area contributed by atoms with Crippen LogP contribution in [-0.2, 0) is 0 Å². The summed E-state index contributed by atoms with van der Waals surface area (Å²) in [5.74, 6) is 4.62. The molecule has 0 aromatic heterocycles. The van der Waals surface area contributed by atoms with E-state index in [2.05, 4.69) is 6.92 Å². The standard InChI is InChI=1S/C13H19ClOS/c1-12(10-14)11-16-9-5-8-15-13-6-3-2-4-7-13/h2-4,6-7,12H,5,8-11H2,1H3. The van der Waals surface area contributed by atoms with Gasteiger partial charge in [-0.2, -0.15) is 11.8 Å². The molecular formula is C13H19ClOS. The molecular weight excluding hydrogens is 240 g/mol. The van der Waals surface area contributed by atoms with E-state index in [9.17, 15) is 0 Å². The minimum Gasteiger partial charge on any atom is -0.494 e. The predicted octanol–water partition coefficient (Wildman–Crippen LogP) is 4.06. The Morgan fingerprint density at radius 1 is 1.31 bits per heavy atom. The molecule has 0 amide bonds. The molecule has 0 fully saturated rings. The summed E-state index contributed by atoms with van der Waals surface area (Å²) in [7, 11) is 0. The highest BCUT2D eigenvalue weighted by molar-refractivity contribution is 7.99. The third-order valence-corrected chi connectivity index (χ3v) is 4.02. The van der Waals surface area contributed by atoms with Crippen LogP contribution < -0.4 is 4.74 Å². The van der Waals surface area contributed by atoms with Crippen LogP contribution in [0.15, 0.2) is 30.3 Å². The van der Waals surface area contributed by atoms with Crippen molar-refractivity contribution in [1.82, 2.24) is 0 Å². The molecule has 0 N–H and O–H groups in total. The average Bonchev–Trinajstić information content (AvgIpc) is 2.34. The second-order valence-corrected chi connectivity index (χ2v) is 5.31. The van der Waals surface area contributed by atoms with Crippen LogP contribution in [0.5, 0.6) is 5.75 Å². The van der Waals surface area contributed by atoms with Crippen molar-refractivity contribution in [3.8, 4) is 5.75 Å². The summed E-state index contributed by atoms with van der Waals surface area (Å²) in [5.41, 5.74) is 0. The molecule has 3 heteroatoms. The smallest absolute Gasteiger partial charge is 0.119 e. The highest BCUT2D eigenvalue weighted by Crippen LogP contribution is 2.12. The summed E-state index contributed by atoms with van der Waals surface area (Å²) in [6.07, 6.45) is 1.09. The molecule has 0 saturated heterocycles. The fraction of sp³-hybridized carbons (Fsp3) is 0.538. The molecule has 1 atom stereocenters. The third kappa shape index (κ3) is 6.29. The summed E-state index contributed by atoms with van der Waals surface area (Å²) >= 11 is 7.69. The Bertz CT molecular complexity index is 266. The maximum Gasteiger partial charge on any atom is 0.119 e. The Morgan fingerprint density at radius 3 is 2.75 bits per heavy atom. The van der Waals surface area contributed by atoms with Gasteiger partial charge in [-0.15, -0.1) is 11.6 Å². The van der Waals surface area contributed by atoms with Crippen LogP contribution >= 0.6 is 23.4 Å². The highest BCUT2D eigenvalue weighted by Gasteiger charge is 1.99. The summed E-state index contributed by atoms with van der Waals surface area (Å²) < 4.78 is 5.60. The van der Waals surface area contributed by atoms with Crippen molar-refractivity contribution in [2.24, 2.45) is 5.92 Å². The molecule has 1 rings (SSSR count). The Labute approximate surface area is 108 Å². The molecule has 0 heterocycles. The van der Waals surface area contributed by atoms with Crippen LogP contribution in [0, 0.1) is 5.92 Å². The topological polar surface area (TPSA) is 9.23 Å². The van der Waals surface area contributed by atoms with Crippen LogP contribution in [0.2, 0.25) is 0 Å². The zero-order valence-electron chi connectivity index (χ0n) is 9.69. The van der Waals surface area contributed by atoms with E-state index in [4.69, 9.17) is 16.3 Å². The number of benzene rings is 1. The quantitative estimate of drug-likeness (QED) is 0.514. The van der Waals surface area contributed by atoms with Gasteiger partial charge in [-0.25, -0.2) is 0 Å². The summed E-state index contributed by atoms with van der Waals surface area (Å²) in [6.45, 7) is 2.98. The lowest BCUT2D eigenvalue weighted by Crippen LogP contribution is -2.02. The van der Waals surface area contributed by atoms with Crippen LogP contribution in [-0.4, -0.2) is 24.0 Å². The number of thioether (sulfide) groups is 1. The fourth-order valence-corrected chi connectivity index (χ4v) is 2.44. The van der Waals surface area contributed by atoms with Gasteiger partial charge >= 0.3 is 0 Å². The minimum absolute atomic E-state index is 0.613. The van der Waals surface area contributed by atoms with Gasteiger partial charge in [0.2, 0.25) is 0 Å². The average molecular weight is 259 g/mol. The van der Waals surface area contributed by atoms with E-state index in [0.717, 1.165) is 36.2 Å². The largest absolute Gasteiger partial charge is 0.494 e. The molecule has 1 aromatic carbocycles. The van der Waals surface area contributed by atoms with Gasteiger partial charge in [0.1, 0.15) is 5.75 Å². The van der Waals surface area contributed by atoms with Crippen LogP contribution in [0.4, 0.5) is 0 Å². The molecule has 1 aromatic rings. The first-order valence-corrected chi connectivity index (χ1v) is 7.33. The molecule has 16 heavy (non-hydrogen) atoms. The highest BCUT2D eigenvalue weighted by atomic mass is 35.5. The van der Waals surface area contributed by atoms with E-state index in [0.29, 0.717) is 5.92 Å². The number of para-hydroxylation sites is 1. The van der Waals surface area contributed by atoms with E-state index >= 15 is 0 Å². The first-order chi connectivity index (χ1) is 7.83. The van der Waals surface area contributed by atoms with Gasteiger partial charge in [-0.3, -0.25) is 0 Å². The van der Waals surface area contributed by atoms with Gasteiger partial charge in [0.15, 0.2) is 0 Å². The van der Waals surface area contributed by atoms with Gasteiger partial charge in [0.25, 0.3) is 0 Å². The molecule has 0 aliphatic heterocycles. The molecule has 1 nitrogen and oxygen atoms in total. The zero-order chi connectivity index (χ0) is 11.6. The van der Waals surface area contributed by atoms with E-state index in [1.54, 1.807) is 0 Å². The first kappa shape index (κ1) is 13.7. The maximum atomic E-state index is 5.73. The van der Waals surface area contributed by atoms with E-state index in [-0.39, 0.29) is 0 Å². The lowest BCUT2D eigenvalue weighted by atomic mass is 10.3. The number of halogens is 1. The van der Waals surface area contributed by atoms with Gasteiger partial charge in [0.05, 0.1) is 6.61 Å². The summed E-state index contributed by atoms with van der Waals surface area (Å²) in [4.78, 5) is 0. The van der Waals surface area contributed by atoms with Gasteiger partial charge in [-0.05, 0) is 36.0 Å². The molecule has 1 unspecified atom stereocenters. The molecule has 0 spiro atoms. The minimum atomic E-state index is 0.613. The third-order valence-electron chi connectivity index (χ3n) is 2.11. The van der Waals surface area contributed by atoms with E-state index in [1.165, 1.54) is 0 Å². The van der Waals surface area contributed by atoms with Crippen molar-refractivity contribution >= 4 is 23.4 Å². The molecule has 0 saturated carbocycles. The summed E-state index contributed by atoms with van der Waals surface area (Å²) in [6, 6.07) is 9.96. The van der Waals surface area contributed by atoms with Crippen LogP contribution in [0.25, 0.3) is 0 Å². The lowest BCUT2D eigenvalue weighted by Gasteiger charge is -2.07. The maximum absolute atomic E-state index is 5.73. The van der Waals surface area contributed by atoms with Gasteiger partial charge in [-0.1, -0.05) is 25.1 Å². The Morgan fingerprint density at radius 2 is 2.06 bits per heavy atom. The van der Waals surface area contributed by atoms with Crippen LogP contribution in [0.1, 0.15) is 13.3 Å². The second kappa shape index (κ2) is 8.77. The number of hydrogen-bond donors (Lipinski definition) is 0. The van der Waals surface area contributed by atoms with Crippen molar-refractivity contribution in [2.45, 2.75) is 13.3 Å². The SMILES string of the molecule is CC(CCl)CSCCCOc1ccccc1. The first-order valence-electron chi connectivity index (χ1n) is 5.64. The fourth-order valence-electron chi connectivity index (χ4n) is 1.20. The molecule has 0 radical (unpaired) electrons. The number of hydrogen-bond acceptors (Lipinski definition) is 2. The van der Waals surface area contributed by atoms with Crippen molar-refractivity contribution in [2.75, 3.05) is 24.0 Å². The Kier molecular flexibility index (Phi) is 7.52. The second-order valence-electron chi connectivity index (χ2n) is 3.85. The number of rotatable bonds is 8. The molecule has 90 valence electrons. The van der Waals surface area contributed by atoms with E-state index in [1.807, 2.05) is 42.1 Å². The predicted molar refractivity (Wildman–Crippen MR) is 73.8 cm³/mol. The lowest BCUT2D eigenvalue weighted by molar-refractivity contribution is 0.318. The monoisotopic (exact) mass is 258 g/mol. The normalized spacial score (nSPS) is 12.4. The van der Waals surface area contributed by atoms with Crippen molar-refractivity contribution < 1.29 is 4.74 Å². The van der Waals surface area contributed by atoms with Gasteiger partial charge < -0.3 is 4.74 Å². The molecule has 0 aliphatic carbocycles. The molecule has 0 aliphatic rings.